The van der Waals surface area contributed by atoms with Gasteiger partial charge in [0.15, 0.2) is 0 Å². The smallest absolute Gasteiger partial charge is 0.0223 e. The average Bonchev–Trinajstić information content (AvgIpc) is 3.13. The van der Waals surface area contributed by atoms with Gasteiger partial charge < -0.3 is 10.2 Å². The average molecular weight is 267 g/mol. The van der Waals surface area contributed by atoms with Crippen molar-refractivity contribution in [2.24, 2.45) is 0 Å². The second kappa shape index (κ2) is 7.61. The molecule has 0 bridgehead atoms. The zero-order chi connectivity index (χ0) is 13.7. The molecule has 3 heteroatoms. The molecule has 2 rings (SSSR count). The fourth-order valence-corrected chi connectivity index (χ4v) is 3.24. The Balaban J connectivity index is 1.59. The fourth-order valence-electron chi connectivity index (χ4n) is 3.24. The molecular weight excluding hydrogens is 234 g/mol. The van der Waals surface area contributed by atoms with Gasteiger partial charge >= 0.3 is 0 Å². The molecule has 0 aromatic heterocycles. The van der Waals surface area contributed by atoms with E-state index in [1.165, 1.54) is 64.7 Å². The highest BCUT2D eigenvalue weighted by molar-refractivity contribution is 4.83. The van der Waals surface area contributed by atoms with Crippen LogP contribution in [0.2, 0.25) is 0 Å². The first-order valence-corrected chi connectivity index (χ1v) is 8.38. The van der Waals surface area contributed by atoms with Crippen LogP contribution in [0, 0.1) is 0 Å². The van der Waals surface area contributed by atoms with Crippen LogP contribution in [0.1, 0.15) is 52.4 Å². The molecule has 1 aliphatic carbocycles. The van der Waals surface area contributed by atoms with Crippen molar-refractivity contribution in [3.8, 4) is 0 Å². The van der Waals surface area contributed by atoms with Gasteiger partial charge in [0.25, 0.3) is 0 Å². The number of hydrogen-bond donors (Lipinski definition) is 1. The normalized spacial score (nSPS) is 26.2. The molecule has 1 aliphatic heterocycles. The molecular formula is C16H33N3. The van der Waals surface area contributed by atoms with Gasteiger partial charge in [-0.1, -0.05) is 6.92 Å². The molecule has 0 aromatic carbocycles. The van der Waals surface area contributed by atoms with Crippen molar-refractivity contribution >= 4 is 0 Å². The SMILES string of the molecule is CCN1CCCC1CN(C)C(C)CCCNC1CC1. The van der Waals surface area contributed by atoms with E-state index in [0.717, 1.165) is 18.1 Å². The van der Waals surface area contributed by atoms with Crippen molar-refractivity contribution in [1.82, 2.24) is 15.1 Å². The summed E-state index contributed by atoms with van der Waals surface area (Å²) in [4.78, 5) is 5.23. The predicted octanol–water partition coefficient (Wildman–Crippen LogP) is 2.32. The Hall–Kier alpha value is -0.120. The number of likely N-dealkylation sites (N-methyl/N-ethyl adjacent to an activating group) is 2. The maximum absolute atomic E-state index is 3.61. The first kappa shape index (κ1) is 15.3. The number of nitrogens with zero attached hydrogens (tertiary/aromatic N) is 2. The van der Waals surface area contributed by atoms with E-state index in [0.29, 0.717) is 0 Å². The van der Waals surface area contributed by atoms with Gasteiger partial charge in [-0.15, -0.1) is 0 Å². The van der Waals surface area contributed by atoms with Crippen LogP contribution in [0.5, 0.6) is 0 Å². The first-order chi connectivity index (χ1) is 9.20. The van der Waals surface area contributed by atoms with Gasteiger partial charge in [-0.25, -0.2) is 0 Å². The number of hydrogen-bond acceptors (Lipinski definition) is 3. The number of nitrogens with one attached hydrogen (secondary N) is 1. The maximum atomic E-state index is 3.61. The molecule has 0 spiro atoms. The van der Waals surface area contributed by atoms with Gasteiger partial charge in [-0.3, -0.25) is 4.90 Å². The quantitative estimate of drug-likeness (QED) is 0.647. The molecule has 2 atom stereocenters. The summed E-state index contributed by atoms with van der Waals surface area (Å²) in [5.74, 6) is 0. The minimum atomic E-state index is 0.723. The van der Waals surface area contributed by atoms with Crippen molar-refractivity contribution in [3.05, 3.63) is 0 Å². The molecule has 0 radical (unpaired) electrons. The third-order valence-corrected chi connectivity index (χ3v) is 4.97. The second-order valence-corrected chi connectivity index (χ2v) is 6.58. The third-order valence-electron chi connectivity index (χ3n) is 4.97. The summed E-state index contributed by atoms with van der Waals surface area (Å²) in [6.07, 6.45) is 8.26. The topological polar surface area (TPSA) is 18.5 Å². The largest absolute Gasteiger partial charge is 0.314 e. The summed E-state index contributed by atoms with van der Waals surface area (Å²) in [5.41, 5.74) is 0. The third kappa shape index (κ3) is 5.05. The van der Waals surface area contributed by atoms with Gasteiger partial charge in [-0.05, 0) is 72.1 Å². The van der Waals surface area contributed by atoms with Crippen molar-refractivity contribution in [2.45, 2.75) is 70.5 Å². The lowest BCUT2D eigenvalue weighted by atomic mass is 10.1. The number of rotatable bonds is 9. The Morgan fingerprint density at radius 1 is 1.32 bits per heavy atom. The van der Waals surface area contributed by atoms with Crippen molar-refractivity contribution < 1.29 is 0 Å². The van der Waals surface area contributed by atoms with Crippen LogP contribution in [0.25, 0.3) is 0 Å². The van der Waals surface area contributed by atoms with E-state index in [1.807, 2.05) is 0 Å². The zero-order valence-corrected chi connectivity index (χ0v) is 13.2. The van der Waals surface area contributed by atoms with E-state index >= 15 is 0 Å². The molecule has 112 valence electrons. The molecule has 1 saturated heterocycles. The molecule has 0 aromatic rings. The Labute approximate surface area is 119 Å². The van der Waals surface area contributed by atoms with Crippen LogP contribution in [0.4, 0.5) is 0 Å². The van der Waals surface area contributed by atoms with E-state index in [2.05, 4.69) is 36.0 Å². The van der Waals surface area contributed by atoms with Crippen molar-refractivity contribution in [3.63, 3.8) is 0 Å². The molecule has 0 amide bonds. The highest BCUT2D eigenvalue weighted by Gasteiger charge is 2.25. The zero-order valence-electron chi connectivity index (χ0n) is 13.2. The molecule has 2 unspecified atom stereocenters. The monoisotopic (exact) mass is 267 g/mol. The summed E-state index contributed by atoms with van der Waals surface area (Å²) in [6, 6.07) is 2.40. The predicted molar refractivity (Wildman–Crippen MR) is 82.6 cm³/mol. The minimum Gasteiger partial charge on any atom is -0.314 e. The molecule has 1 saturated carbocycles. The van der Waals surface area contributed by atoms with Crippen molar-refractivity contribution in [2.75, 3.05) is 33.2 Å². The van der Waals surface area contributed by atoms with Gasteiger partial charge in [-0.2, -0.15) is 0 Å². The summed E-state index contributed by atoms with van der Waals surface area (Å²) in [7, 11) is 2.31. The van der Waals surface area contributed by atoms with Crippen LogP contribution >= 0.6 is 0 Å². The standard InChI is InChI=1S/C16H33N3/c1-4-19-12-6-8-16(19)13-18(3)14(2)7-5-11-17-15-9-10-15/h14-17H,4-13H2,1-3H3. The van der Waals surface area contributed by atoms with Crippen LogP contribution < -0.4 is 5.32 Å². The first-order valence-electron chi connectivity index (χ1n) is 8.38. The van der Waals surface area contributed by atoms with E-state index in [4.69, 9.17) is 0 Å². The molecule has 2 aliphatic rings. The van der Waals surface area contributed by atoms with Gasteiger partial charge in [0, 0.05) is 24.7 Å². The summed E-state index contributed by atoms with van der Waals surface area (Å²) < 4.78 is 0. The lowest BCUT2D eigenvalue weighted by Crippen LogP contribution is -2.42. The highest BCUT2D eigenvalue weighted by atomic mass is 15.2. The Morgan fingerprint density at radius 2 is 2.11 bits per heavy atom. The van der Waals surface area contributed by atoms with E-state index in [9.17, 15) is 0 Å². The van der Waals surface area contributed by atoms with Gasteiger partial charge in [0.2, 0.25) is 0 Å². The lowest BCUT2D eigenvalue weighted by Gasteiger charge is -2.31. The Kier molecular flexibility index (Phi) is 6.11. The van der Waals surface area contributed by atoms with E-state index in [-0.39, 0.29) is 0 Å². The molecule has 3 nitrogen and oxygen atoms in total. The van der Waals surface area contributed by atoms with Crippen LogP contribution in [-0.2, 0) is 0 Å². The van der Waals surface area contributed by atoms with Crippen LogP contribution in [0.15, 0.2) is 0 Å². The maximum Gasteiger partial charge on any atom is 0.0223 e. The summed E-state index contributed by atoms with van der Waals surface area (Å²) >= 11 is 0. The van der Waals surface area contributed by atoms with E-state index < -0.39 is 0 Å². The van der Waals surface area contributed by atoms with Crippen molar-refractivity contribution in [1.29, 1.82) is 0 Å². The summed E-state index contributed by atoms with van der Waals surface area (Å²) in [6.45, 7) is 9.69. The second-order valence-electron chi connectivity index (χ2n) is 6.58. The van der Waals surface area contributed by atoms with Gasteiger partial charge in [0.1, 0.15) is 0 Å². The summed E-state index contributed by atoms with van der Waals surface area (Å²) in [5, 5.41) is 3.61. The Bertz CT molecular complexity index is 252. The lowest BCUT2D eigenvalue weighted by molar-refractivity contribution is 0.164. The Morgan fingerprint density at radius 3 is 2.79 bits per heavy atom. The molecule has 2 fully saturated rings. The molecule has 1 heterocycles. The minimum absolute atomic E-state index is 0.723. The molecule has 1 N–H and O–H groups in total. The van der Waals surface area contributed by atoms with Gasteiger partial charge in [0.05, 0.1) is 0 Å². The number of likely N-dealkylation sites (tertiary alicyclic amines) is 1. The fraction of sp³-hybridized carbons (Fsp3) is 1.00. The van der Waals surface area contributed by atoms with Crippen LogP contribution in [-0.4, -0.2) is 61.2 Å². The molecule has 19 heavy (non-hydrogen) atoms. The highest BCUT2D eigenvalue weighted by Crippen LogP contribution is 2.20. The van der Waals surface area contributed by atoms with Crippen LogP contribution in [0.3, 0.4) is 0 Å². The van der Waals surface area contributed by atoms with E-state index in [1.54, 1.807) is 0 Å².